The Bertz CT molecular complexity index is 1110. The number of ketones is 1. The predicted molar refractivity (Wildman–Crippen MR) is 113 cm³/mol. The largest absolute Gasteiger partial charge is 0.372 e. The van der Waals surface area contributed by atoms with E-state index in [1.807, 2.05) is 48.5 Å². The summed E-state index contributed by atoms with van der Waals surface area (Å²) in [6.07, 6.45) is 1.20. The number of benzene rings is 3. The van der Waals surface area contributed by atoms with E-state index < -0.39 is 0 Å². The molecule has 0 amide bonds. The molecule has 0 bridgehead atoms. The predicted octanol–water partition coefficient (Wildman–Crippen LogP) is 5.81. The van der Waals surface area contributed by atoms with Crippen LogP contribution in [0.5, 0.6) is 0 Å². The number of allylic oxidation sites excluding steroid dienone is 1. The van der Waals surface area contributed by atoms with Crippen molar-refractivity contribution in [2.45, 2.75) is 24.8 Å². The van der Waals surface area contributed by atoms with Gasteiger partial charge in [0.05, 0.1) is 17.4 Å². The van der Waals surface area contributed by atoms with Gasteiger partial charge in [-0.05, 0) is 47.7 Å². The monoisotopic (exact) mass is 384 g/mol. The van der Waals surface area contributed by atoms with Gasteiger partial charge in [0.1, 0.15) is 5.82 Å². The normalized spacial score (nSPS) is 20.8. The molecule has 0 spiro atoms. The number of rotatable bonds is 2. The second kappa shape index (κ2) is 7.21. The molecule has 0 saturated carbocycles. The Morgan fingerprint density at radius 3 is 2.31 bits per heavy atom. The number of anilines is 2. The highest BCUT2D eigenvalue weighted by molar-refractivity contribution is 6.01. The number of halogens is 1. The van der Waals surface area contributed by atoms with Gasteiger partial charge in [0.15, 0.2) is 5.78 Å². The van der Waals surface area contributed by atoms with Crippen LogP contribution in [-0.2, 0) is 4.79 Å². The molecular formula is C25H21FN2O. The molecule has 0 fully saturated rings. The minimum Gasteiger partial charge on any atom is -0.372 e. The fourth-order valence-corrected chi connectivity index (χ4v) is 4.39. The molecule has 2 N–H and O–H groups in total. The second-order valence-corrected chi connectivity index (χ2v) is 7.63. The Balaban J connectivity index is 1.63. The van der Waals surface area contributed by atoms with Crippen molar-refractivity contribution < 1.29 is 9.18 Å². The van der Waals surface area contributed by atoms with E-state index in [9.17, 15) is 9.18 Å². The van der Waals surface area contributed by atoms with E-state index in [-0.39, 0.29) is 23.6 Å². The number of carbonyl (C=O) groups excluding carboxylic acids is 1. The zero-order valence-electron chi connectivity index (χ0n) is 15.9. The van der Waals surface area contributed by atoms with E-state index in [1.165, 1.54) is 17.7 Å². The lowest BCUT2D eigenvalue weighted by Gasteiger charge is -2.30. The van der Waals surface area contributed by atoms with Gasteiger partial charge in [0.25, 0.3) is 0 Å². The molecule has 0 saturated heterocycles. The number of carbonyl (C=O) groups is 1. The van der Waals surface area contributed by atoms with E-state index in [4.69, 9.17) is 0 Å². The lowest BCUT2D eigenvalue weighted by atomic mass is 9.78. The van der Waals surface area contributed by atoms with E-state index >= 15 is 0 Å². The fourth-order valence-electron chi connectivity index (χ4n) is 4.39. The van der Waals surface area contributed by atoms with Gasteiger partial charge in [0.2, 0.25) is 0 Å². The highest BCUT2D eigenvalue weighted by Crippen LogP contribution is 2.44. The maximum absolute atomic E-state index is 14.0. The number of nitrogens with one attached hydrogen (secondary N) is 2. The molecule has 144 valence electrons. The van der Waals surface area contributed by atoms with Crippen LogP contribution in [0.25, 0.3) is 0 Å². The minimum atomic E-state index is -0.388. The third kappa shape index (κ3) is 3.31. The van der Waals surface area contributed by atoms with Crippen LogP contribution in [-0.4, -0.2) is 5.78 Å². The molecule has 1 heterocycles. The Kier molecular flexibility index (Phi) is 4.39. The maximum atomic E-state index is 14.0. The zero-order valence-corrected chi connectivity index (χ0v) is 15.9. The summed E-state index contributed by atoms with van der Waals surface area (Å²) in [6.45, 7) is 0. The molecular weight excluding hydrogens is 363 g/mol. The minimum absolute atomic E-state index is 0.0992. The molecule has 0 radical (unpaired) electrons. The maximum Gasteiger partial charge on any atom is 0.163 e. The molecule has 3 nitrogen and oxygen atoms in total. The Hall–Kier alpha value is -3.40. The van der Waals surface area contributed by atoms with Crippen molar-refractivity contribution in [3.63, 3.8) is 0 Å². The van der Waals surface area contributed by atoms with Crippen LogP contribution in [0, 0.1) is 5.82 Å². The Labute approximate surface area is 169 Å². The van der Waals surface area contributed by atoms with Crippen LogP contribution in [0.3, 0.4) is 0 Å². The first-order chi connectivity index (χ1) is 14.2. The SMILES string of the molecule is O=C1CC(c2ccccc2)CC2=C1C(c1cccc(F)c1)Nc1ccccc1N2. The quantitative estimate of drug-likeness (QED) is 0.586. The van der Waals surface area contributed by atoms with Gasteiger partial charge in [-0.1, -0.05) is 54.6 Å². The van der Waals surface area contributed by atoms with E-state index in [0.717, 1.165) is 29.1 Å². The summed E-state index contributed by atoms with van der Waals surface area (Å²) in [5.74, 6) is -0.0714. The molecule has 1 aliphatic heterocycles. The van der Waals surface area contributed by atoms with E-state index in [2.05, 4.69) is 22.8 Å². The van der Waals surface area contributed by atoms with Gasteiger partial charge >= 0.3 is 0 Å². The lowest BCUT2D eigenvalue weighted by molar-refractivity contribution is -0.116. The summed E-state index contributed by atoms with van der Waals surface area (Å²) < 4.78 is 14.0. The van der Waals surface area contributed by atoms with Gasteiger partial charge in [-0.15, -0.1) is 0 Å². The van der Waals surface area contributed by atoms with Crippen LogP contribution < -0.4 is 10.6 Å². The highest BCUT2D eigenvalue weighted by Gasteiger charge is 2.36. The molecule has 2 aliphatic rings. The third-order valence-corrected chi connectivity index (χ3v) is 5.76. The summed E-state index contributed by atoms with van der Waals surface area (Å²) in [4.78, 5) is 13.4. The van der Waals surface area contributed by atoms with E-state index in [0.29, 0.717) is 12.0 Å². The summed E-state index contributed by atoms with van der Waals surface area (Å²) in [6, 6.07) is 24.2. The van der Waals surface area contributed by atoms with Gasteiger partial charge in [-0.2, -0.15) is 0 Å². The zero-order chi connectivity index (χ0) is 19.8. The smallest absolute Gasteiger partial charge is 0.163 e. The molecule has 1 aliphatic carbocycles. The first-order valence-electron chi connectivity index (χ1n) is 9.88. The first kappa shape index (κ1) is 17.7. The second-order valence-electron chi connectivity index (χ2n) is 7.63. The number of hydrogen-bond acceptors (Lipinski definition) is 3. The van der Waals surface area contributed by atoms with Crippen molar-refractivity contribution in [3.8, 4) is 0 Å². The molecule has 3 aromatic rings. The fraction of sp³-hybridized carbons (Fsp3) is 0.160. The highest BCUT2D eigenvalue weighted by atomic mass is 19.1. The third-order valence-electron chi connectivity index (χ3n) is 5.76. The van der Waals surface area contributed by atoms with Crippen molar-refractivity contribution in [3.05, 3.63) is 107 Å². The number of hydrogen-bond donors (Lipinski definition) is 2. The van der Waals surface area contributed by atoms with Crippen molar-refractivity contribution in [1.82, 2.24) is 0 Å². The van der Waals surface area contributed by atoms with Crippen molar-refractivity contribution in [1.29, 1.82) is 0 Å². The van der Waals surface area contributed by atoms with Crippen LogP contribution in [0.2, 0.25) is 0 Å². The topological polar surface area (TPSA) is 41.1 Å². The van der Waals surface area contributed by atoms with E-state index in [1.54, 1.807) is 6.07 Å². The summed E-state index contributed by atoms with van der Waals surface area (Å²) in [7, 11) is 0. The standard InChI is InChI=1S/C25H21FN2O/c26-19-10-6-9-17(13-19)25-24-22(27-20-11-4-5-12-21(20)28-25)14-18(15-23(24)29)16-7-2-1-3-8-16/h1-13,18,25,27-28H,14-15H2. The Morgan fingerprint density at radius 2 is 1.52 bits per heavy atom. The lowest BCUT2D eigenvalue weighted by Crippen LogP contribution is -2.26. The number of Topliss-reactive ketones (excluding diaryl/α,β-unsaturated/α-hetero) is 1. The summed E-state index contributed by atoms with van der Waals surface area (Å²) >= 11 is 0. The first-order valence-corrected chi connectivity index (χ1v) is 9.88. The van der Waals surface area contributed by atoms with Crippen LogP contribution >= 0.6 is 0 Å². The van der Waals surface area contributed by atoms with Crippen molar-refractivity contribution in [2.24, 2.45) is 0 Å². The molecule has 5 rings (SSSR count). The molecule has 2 unspecified atom stereocenters. The van der Waals surface area contributed by atoms with Gasteiger partial charge in [-0.3, -0.25) is 4.79 Å². The summed E-state index contributed by atoms with van der Waals surface area (Å²) in [5, 5.41) is 6.99. The molecule has 4 heteroatoms. The number of para-hydroxylation sites is 2. The average molecular weight is 384 g/mol. The van der Waals surface area contributed by atoms with Gasteiger partial charge < -0.3 is 10.6 Å². The molecule has 29 heavy (non-hydrogen) atoms. The number of fused-ring (bicyclic) bond motifs is 1. The average Bonchev–Trinajstić information content (AvgIpc) is 2.91. The molecule has 2 atom stereocenters. The van der Waals surface area contributed by atoms with Crippen LogP contribution in [0.4, 0.5) is 15.8 Å². The Morgan fingerprint density at radius 1 is 0.793 bits per heavy atom. The van der Waals surface area contributed by atoms with Gasteiger partial charge in [0, 0.05) is 17.7 Å². The summed E-state index contributed by atoms with van der Waals surface area (Å²) in [5.41, 5.74) is 5.38. The molecule has 3 aromatic carbocycles. The van der Waals surface area contributed by atoms with Crippen LogP contribution in [0.1, 0.15) is 35.9 Å². The van der Waals surface area contributed by atoms with Crippen LogP contribution in [0.15, 0.2) is 90.1 Å². The van der Waals surface area contributed by atoms with Crippen molar-refractivity contribution >= 4 is 17.2 Å². The van der Waals surface area contributed by atoms with Crippen molar-refractivity contribution in [2.75, 3.05) is 10.6 Å². The molecule has 0 aromatic heterocycles. The van der Waals surface area contributed by atoms with Gasteiger partial charge in [-0.25, -0.2) is 4.39 Å².